The van der Waals surface area contributed by atoms with E-state index in [1.165, 1.54) is 6.21 Å². The van der Waals surface area contributed by atoms with Crippen LogP contribution in [0.15, 0.2) is 64.2 Å². The lowest BCUT2D eigenvalue weighted by Gasteiger charge is -2.07. The van der Waals surface area contributed by atoms with E-state index in [-0.39, 0.29) is 6.79 Å². The number of benzene rings is 3. The summed E-state index contributed by atoms with van der Waals surface area (Å²) in [5, 5.41) is 8.26. The van der Waals surface area contributed by atoms with Gasteiger partial charge in [0.25, 0.3) is 0 Å². The average molecular weight is 440 g/mol. The zero-order valence-corrected chi connectivity index (χ0v) is 16.0. The van der Waals surface area contributed by atoms with Crippen LogP contribution in [0.3, 0.4) is 0 Å². The number of hydrazone groups is 1. The third kappa shape index (κ3) is 3.67. The molecule has 1 aliphatic heterocycles. The molecule has 8 heteroatoms. The van der Waals surface area contributed by atoms with Crippen molar-refractivity contribution in [3.8, 4) is 11.5 Å². The van der Waals surface area contributed by atoms with E-state index in [9.17, 15) is 9.59 Å². The molecule has 0 aliphatic carbocycles. The van der Waals surface area contributed by atoms with Crippen LogP contribution >= 0.6 is 15.9 Å². The summed E-state index contributed by atoms with van der Waals surface area (Å²) in [4.78, 5) is 24.2. The minimum atomic E-state index is -0.874. The molecule has 1 aliphatic rings. The fourth-order valence-electron chi connectivity index (χ4n) is 2.76. The molecule has 0 aromatic heterocycles. The minimum Gasteiger partial charge on any atom is -0.454 e. The van der Waals surface area contributed by atoms with Gasteiger partial charge in [-0.2, -0.15) is 5.10 Å². The Balaban J connectivity index is 1.42. The summed E-state index contributed by atoms with van der Waals surface area (Å²) >= 11 is 3.39. The molecule has 28 heavy (non-hydrogen) atoms. The molecule has 1 heterocycles. The van der Waals surface area contributed by atoms with Crippen molar-refractivity contribution in [1.29, 1.82) is 0 Å². The van der Waals surface area contributed by atoms with Gasteiger partial charge in [-0.1, -0.05) is 36.4 Å². The number of ether oxygens (including phenoxy) is 2. The second kappa shape index (κ2) is 7.69. The van der Waals surface area contributed by atoms with Gasteiger partial charge in [-0.05, 0) is 39.5 Å². The van der Waals surface area contributed by atoms with Crippen LogP contribution in [-0.4, -0.2) is 24.8 Å². The number of nitrogens with zero attached hydrogens (tertiary/aromatic N) is 1. The Kier molecular flexibility index (Phi) is 4.94. The monoisotopic (exact) mass is 439 g/mol. The number of hydrogen-bond donors (Lipinski definition) is 2. The highest BCUT2D eigenvalue weighted by Crippen LogP contribution is 2.36. The number of rotatable bonds is 3. The van der Waals surface area contributed by atoms with Gasteiger partial charge < -0.3 is 14.8 Å². The molecule has 140 valence electrons. The van der Waals surface area contributed by atoms with Crippen molar-refractivity contribution in [2.45, 2.75) is 0 Å². The standard InChI is InChI=1S/C20H14BrN3O4/c21-15-9-18-17(27-11-28-18)8-13(15)10-22-24-20(26)19(25)23-16-7-3-5-12-4-1-2-6-14(12)16/h1-10H,11H2,(H,23,25)(H,24,26)/b22-10-. The van der Waals surface area contributed by atoms with E-state index < -0.39 is 11.8 Å². The Morgan fingerprint density at radius 3 is 2.61 bits per heavy atom. The molecule has 0 bridgehead atoms. The molecule has 0 unspecified atom stereocenters. The van der Waals surface area contributed by atoms with Gasteiger partial charge in [0, 0.05) is 21.1 Å². The van der Waals surface area contributed by atoms with Crippen LogP contribution in [0.4, 0.5) is 5.69 Å². The summed E-state index contributed by atoms with van der Waals surface area (Å²) < 4.78 is 11.3. The number of hydrogen-bond acceptors (Lipinski definition) is 5. The summed E-state index contributed by atoms with van der Waals surface area (Å²) in [5.41, 5.74) is 3.44. The second-order valence-electron chi connectivity index (χ2n) is 5.91. The van der Waals surface area contributed by atoms with Crippen molar-refractivity contribution in [3.05, 3.63) is 64.6 Å². The molecule has 2 amide bonds. The molecule has 0 saturated heterocycles. The number of nitrogens with one attached hydrogen (secondary N) is 2. The summed E-state index contributed by atoms with van der Waals surface area (Å²) in [6.07, 6.45) is 1.41. The van der Waals surface area contributed by atoms with Gasteiger partial charge in [0.1, 0.15) is 0 Å². The Bertz CT molecular complexity index is 1110. The third-order valence-electron chi connectivity index (χ3n) is 4.11. The van der Waals surface area contributed by atoms with Gasteiger partial charge in [0.2, 0.25) is 6.79 Å². The van der Waals surface area contributed by atoms with E-state index in [1.54, 1.807) is 18.2 Å². The van der Waals surface area contributed by atoms with Gasteiger partial charge >= 0.3 is 11.8 Å². The van der Waals surface area contributed by atoms with Crippen molar-refractivity contribution in [3.63, 3.8) is 0 Å². The first kappa shape index (κ1) is 18.0. The third-order valence-corrected chi connectivity index (χ3v) is 4.79. The number of anilines is 1. The molecule has 0 fully saturated rings. The lowest BCUT2D eigenvalue weighted by molar-refractivity contribution is -0.136. The maximum absolute atomic E-state index is 12.2. The van der Waals surface area contributed by atoms with E-state index in [0.717, 1.165) is 15.2 Å². The zero-order valence-electron chi connectivity index (χ0n) is 14.4. The lowest BCUT2D eigenvalue weighted by atomic mass is 10.1. The van der Waals surface area contributed by atoms with Gasteiger partial charge in [0.05, 0.1) is 6.21 Å². The van der Waals surface area contributed by atoms with Crippen LogP contribution < -0.4 is 20.2 Å². The fourth-order valence-corrected chi connectivity index (χ4v) is 3.18. The number of amides is 2. The van der Waals surface area contributed by atoms with Gasteiger partial charge in [0.15, 0.2) is 11.5 Å². The molecule has 0 atom stereocenters. The molecule has 0 spiro atoms. The SMILES string of the molecule is O=C(N/N=C\c1cc2c(cc1Br)OCO2)C(=O)Nc1cccc2ccccc12. The van der Waals surface area contributed by atoms with Crippen molar-refractivity contribution >= 4 is 50.4 Å². The molecule has 0 saturated carbocycles. The maximum Gasteiger partial charge on any atom is 0.329 e. The second-order valence-corrected chi connectivity index (χ2v) is 6.76. The van der Waals surface area contributed by atoms with Gasteiger partial charge in [-0.15, -0.1) is 0 Å². The highest BCUT2D eigenvalue weighted by atomic mass is 79.9. The Morgan fingerprint density at radius 2 is 1.75 bits per heavy atom. The number of fused-ring (bicyclic) bond motifs is 2. The highest BCUT2D eigenvalue weighted by Gasteiger charge is 2.16. The molecule has 3 aromatic carbocycles. The molecule has 0 radical (unpaired) electrons. The van der Waals surface area contributed by atoms with E-state index in [2.05, 4.69) is 31.8 Å². The summed E-state index contributed by atoms with van der Waals surface area (Å²) in [5.74, 6) is -0.466. The quantitative estimate of drug-likeness (QED) is 0.371. The van der Waals surface area contributed by atoms with Crippen LogP contribution in [0.25, 0.3) is 10.8 Å². The Labute approximate surface area is 168 Å². The largest absolute Gasteiger partial charge is 0.454 e. The zero-order chi connectivity index (χ0) is 19.5. The van der Waals surface area contributed by atoms with Gasteiger partial charge in [-0.3, -0.25) is 9.59 Å². The van der Waals surface area contributed by atoms with E-state index in [4.69, 9.17) is 9.47 Å². The topological polar surface area (TPSA) is 89.0 Å². The van der Waals surface area contributed by atoms with E-state index in [1.807, 2.05) is 36.4 Å². The predicted molar refractivity (Wildman–Crippen MR) is 109 cm³/mol. The molecule has 3 aromatic rings. The highest BCUT2D eigenvalue weighted by molar-refractivity contribution is 9.10. The Hall–Kier alpha value is -3.39. The predicted octanol–water partition coefficient (Wildman–Crippen LogP) is 3.42. The van der Waals surface area contributed by atoms with Crippen LogP contribution in [0.1, 0.15) is 5.56 Å². The van der Waals surface area contributed by atoms with Crippen molar-refractivity contribution in [1.82, 2.24) is 5.43 Å². The van der Waals surface area contributed by atoms with Crippen LogP contribution in [-0.2, 0) is 9.59 Å². The van der Waals surface area contributed by atoms with Crippen molar-refractivity contribution in [2.24, 2.45) is 5.10 Å². The number of halogens is 1. The van der Waals surface area contributed by atoms with Gasteiger partial charge in [-0.25, -0.2) is 5.43 Å². The first-order valence-corrected chi connectivity index (χ1v) is 9.12. The number of carbonyl (C=O) groups is 2. The maximum atomic E-state index is 12.2. The normalized spacial score (nSPS) is 12.3. The van der Waals surface area contributed by atoms with E-state index >= 15 is 0 Å². The first-order valence-electron chi connectivity index (χ1n) is 8.33. The summed E-state index contributed by atoms with van der Waals surface area (Å²) in [6.45, 7) is 0.160. The van der Waals surface area contributed by atoms with Crippen LogP contribution in [0.5, 0.6) is 11.5 Å². The van der Waals surface area contributed by atoms with Crippen LogP contribution in [0, 0.1) is 0 Å². The molecule has 2 N–H and O–H groups in total. The number of carbonyl (C=O) groups excluding carboxylic acids is 2. The fraction of sp³-hybridized carbons (Fsp3) is 0.0500. The molecular formula is C20H14BrN3O4. The lowest BCUT2D eigenvalue weighted by Crippen LogP contribution is -2.32. The van der Waals surface area contributed by atoms with Crippen molar-refractivity contribution in [2.75, 3.05) is 12.1 Å². The summed E-state index contributed by atoms with van der Waals surface area (Å²) in [6, 6.07) is 16.5. The van der Waals surface area contributed by atoms with E-state index in [0.29, 0.717) is 22.7 Å². The minimum absolute atomic E-state index is 0.160. The first-order chi connectivity index (χ1) is 13.6. The summed E-state index contributed by atoms with van der Waals surface area (Å²) in [7, 11) is 0. The average Bonchev–Trinajstić information content (AvgIpc) is 3.15. The van der Waals surface area contributed by atoms with Crippen molar-refractivity contribution < 1.29 is 19.1 Å². The Morgan fingerprint density at radius 1 is 1.00 bits per heavy atom. The smallest absolute Gasteiger partial charge is 0.329 e. The molecular weight excluding hydrogens is 426 g/mol. The van der Waals surface area contributed by atoms with Crippen LogP contribution in [0.2, 0.25) is 0 Å². The molecule has 4 rings (SSSR count). The molecule has 7 nitrogen and oxygen atoms in total.